The van der Waals surface area contributed by atoms with Crippen molar-refractivity contribution in [2.24, 2.45) is 0 Å². The number of methoxy groups -OCH3 is 2. The van der Waals surface area contributed by atoms with Gasteiger partial charge in [-0.15, -0.1) is 0 Å². The molecule has 0 radical (unpaired) electrons. The van der Waals surface area contributed by atoms with Crippen molar-refractivity contribution in [3.8, 4) is 23.0 Å². The minimum Gasteiger partial charge on any atom is -0.497 e. The molecule has 35 heavy (non-hydrogen) atoms. The van der Waals surface area contributed by atoms with Gasteiger partial charge in [0.1, 0.15) is 24.7 Å². The number of rotatable bonds is 12. The maximum absolute atomic E-state index is 12.8. The molecule has 186 valence electrons. The topological polar surface area (TPSA) is 69.3 Å². The highest BCUT2D eigenvalue weighted by molar-refractivity contribution is 6.35. The van der Waals surface area contributed by atoms with E-state index in [9.17, 15) is 4.79 Å². The number of nitrogens with one attached hydrogen (secondary N) is 1. The predicted octanol–water partition coefficient (Wildman–Crippen LogP) is 4.81. The predicted molar refractivity (Wildman–Crippen MR) is 137 cm³/mol. The number of benzene rings is 3. The summed E-state index contributed by atoms with van der Waals surface area (Å²) >= 11 is 6.67. The summed E-state index contributed by atoms with van der Waals surface area (Å²) in [6.07, 6.45) is 0. The first-order chi connectivity index (χ1) is 16.9. The van der Waals surface area contributed by atoms with Crippen molar-refractivity contribution < 1.29 is 23.7 Å². The molecule has 0 aliphatic carbocycles. The Morgan fingerprint density at radius 1 is 0.829 bits per heavy atom. The van der Waals surface area contributed by atoms with Gasteiger partial charge in [0.05, 0.1) is 24.8 Å². The van der Waals surface area contributed by atoms with E-state index in [0.29, 0.717) is 36.8 Å². The third kappa shape index (κ3) is 7.53. The maximum Gasteiger partial charge on any atom is 0.252 e. The summed E-state index contributed by atoms with van der Waals surface area (Å²) < 4.78 is 22.5. The minimum atomic E-state index is -0.271. The van der Waals surface area contributed by atoms with E-state index in [4.69, 9.17) is 30.5 Å². The second-order valence-corrected chi connectivity index (χ2v) is 8.47. The van der Waals surface area contributed by atoms with E-state index in [1.165, 1.54) is 0 Å². The number of likely N-dealkylation sites (N-methyl/N-ethyl adjacent to an activating group) is 1. The first-order valence-corrected chi connectivity index (χ1v) is 11.6. The molecule has 8 heteroatoms. The van der Waals surface area contributed by atoms with Crippen LogP contribution in [0.2, 0.25) is 5.02 Å². The second-order valence-electron chi connectivity index (χ2n) is 8.09. The third-order valence-electron chi connectivity index (χ3n) is 5.25. The number of carbonyl (C=O) groups is 1. The van der Waals surface area contributed by atoms with Crippen molar-refractivity contribution in [1.29, 1.82) is 0 Å². The second kappa shape index (κ2) is 12.9. The Morgan fingerprint density at radius 2 is 1.37 bits per heavy atom. The van der Waals surface area contributed by atoms with Crippen LogP contribution in [0.3, 0.4) is 0 Å². The summed E-state index contributed by atoms with van der Waals surface area (Å²) in [6.45, 7) is 1.76. The van der Waals surface area contributed by atoms with Crippen LogP contribution < -0.4 is 24.3 Å². The quantitative estimate of drug-likeness (QED) is 0.386. The molecule has 7 nitrogen and oxygen atoms in total. The molecule has 0 bridgehead atoms. The normalized spacial score (nSPS) is 10.7. The lowest BCUT2D eigenvalue weighted by Crippen LogP contribution is -2.31. The molecule has 0 aliphatic rings. The van der Waals surface area contributed by atoms with Crippen LogP contribution in [-0.2, 0) is 13.2 Å². The molecule has 0 atom stereocenters. The Morgan fingerprint density at radius 3 is 1.89 bits per heavy atom. The molecule has 0 saturated carbocycles. The molecule has 1 N–H and O–H groups in total. The SMILES string of the molecule is COc1ccc(COc2ccc(C(=O)NCCN(C)C)c(Cl)c2OCc2ccc(OC)cc2)cc1. The maximum atomic E-state index is 12.8. The number of halogens is 1. The summed E-state index contributed by atoms with van der Waals surface area (Å²) in [5.41, 5.74) is 2.20. The number of amides is 1. The largest absolute Gasteiger partial charge is 0.497 e. The molecule has 1 amide bonds. The molecule has 0 spiro atoms. The molecule has 0 saturated heterocycles. The van der Waals surface area contributed by atoms with Crippen molar-refractivity contribution in [3.05, 3.63) is 82.4 Å². The van der Waals surface area contributed by atoms with Crippen LogP contribution in [-0.4, -0.2) is 52.2 Å². The van der Waals surface area contributed by atoms with E-state index in [0.717, 1.165) is 22.6 Å². The Labute approximate surface area is 211 Å². The lowest BCUT2D eigenvalue weighted by molar-refractivity contribution is 0.0950. The molecule has 0 fully saturated rings. The molecular weight excluding hydrogens is 468 g/mol. The average molecular weight is 499 g/mol. The Hall–Kier alpha value is -3.42. The van der Waals surface area contributed by atoms with Crippen LogP contribution in [0.4, 0.5) is 0 Å². The van der Waals surface area contributed by atoms with Crippen molar-refractivity contribution in [3.63, 3.8) is 0 Å². The number of carbonyl (C=O) groups excluding carboxylic acids is 1. The van der Waals surface area contributed by atoms with Gasteiger partial charge in [0, 0.05) is 13.1 Å². The summed E-state index contributed by atoms with van der Waals surface area (Å²) in [5, 5.41) is 3.09. The first kappa shape index (κ1) is 26.2. The van der Waals surface area contributed by atoms with E-state index in [1.807, 2.05) is 67.5 Å². The van der Waals surface area contributed by atoms with E-state index < -0.39 is 0 Å². The molecule has 3 rings (SSSR count). The highest BCUT2D eigenvalue weighted by Crippen LogP contribution is 2.39. The first-order valence-electron chi connectivity index (χ1n) is 11.2. The van der Waals surface area contributed by atoms with Crippen LogP contribution in [0.25, 0.3) is 0 Å². The van der Waals surface area contributed by atoms with Crippen LogP contribution in [0.15, 0.2) is 60.7 Å². The number of nitrogens with zero attached hydrogens (tertiary/aromatic N) is 1. The van der Waals surface area contributed by atoms with Gasteiger partial charge in [-0.1, -0.05) is 35.9 Å². The zero-order valence-corrected chi connectivity index (χ0v) is 21.2. The zero-order chi connectivity index (χ0) is 25.2. The Bertz CT molecular complexity index is 1100. The van der Waals surface area contributed by atoms with Gasteiger partial charge in [-0.2, -0.15) is 0 Å². The molecule has 0 aromatic heterocycles. The lowest BCUT2D eigenvalue weighted by atomic mass is 10.1. The summed E-state index contributed by atoms with van der Waals surface area (Å²) in [4.78, 5) is 14.7. The van der Waals surface area contributed by atoms with Gasteiger partial charge in [-0.05, 0) is 61.6 Å². The van der Waals surface area contributed by atoms with E-state index in [-0.39, 0.29) is 17.5 Å². The van der Waals surface area contributed by atoms with Gasteiger partial charge in [0.2, 0.25) is 0 Å². The van der Waals surface area contributed by atoms with Crippen LogP contribution >= 0.6 is 11.6 Å². The summed E-state index contributed by atoms with van der Waals surface area (Å²) in [7, 11) is 7.13. The monoisotopic (exact) mass is 498 g/mol. The fourth-order valence-corrected chi connectivity index (χ4v) is 3.51. The van der Waals surface area contributed by atoms with Crippen molar-refractivity contribution in [2.45, 2.75) is 13.2 Å². The fraction of sp³-hybridized carbons (Fsp3) is 0.296. The van der Waals surface area contributed by atoms with Gasteiger partial charge < -0.3 is 29.2 Å². The number of hydrogen-bond donors (Lipinski definition) is 1. The molecule has 3 aromatic rings. The molecule has 0 unspecified atom stereocenters. The van der Waals surface area contributed by atoms with Crippen molar-refractivity contribution >= 4 is 17.5 Å². The Kier molecular flexibility index (Phi) is 9.64. The van der Waals surface area contributed by atoms with Gasteiger partial charge in [-0.3, -0.25) is 4.79 Å². The van der Waals surface area contributed by atoms with Crippen molar-refractivity contribution in [1.82, 2.24) is 10.2 Å². The van der Waals surface area contributed by atoms with Crippen LogP contribution in [0.5, 0.6) is 23.0 Å². The smallest absolute Gasteiger partial charge is 0.252 e. The molecular formula is C27H31ClN2O5. The van der Waals surface area contributed by atoms with E-state index in [1.54, 1.807) is 26.4 Å². The number of hydrogen-bond acceptors (Lipinski definition) is 6. The Balaban J connectivity index is 1.80. The molecule has 0 aliphatic heterocycles. The van der Waals surface area contributed by atoms with Gasteiger partial charge >= 0.3 is 0 Å². The standard InChI is InChI=1S/C27H31ClN2O5/c1-30(2)16-15-29-27(31)23-13-14-24(34-17-19-5-9-21(32-3)10-6-19)26(25(23)28)35-18-20-7-11-22(33-4)12-8-20/h5-14H,15-18H2,1-4H3,(H,29,31). The van der Waals surface area contributed by atoms with Gasteiger partial charge in [0.25, 0.3) is 5.91 Å². The molecule has 0 heterocycles. The molecule has 3 aromatic carbocycles. The summed E-state index contributed by atoms with van der Waals surface area (Å²) in [6, 6.07) is 18.5. The van der Waals surface area contributed by atoms with E-state index >= 15 is 0 Å². The highest BCUT2D eigenvalue weighted by Gasteiger charge is 2.19. The zero-order valence-electron chi connectivity index (χ0n) is 20.5. The summed E-state index contributed by atoms with van der Waals surface area (Å²) in [5.74, 6) is 2.02. The fourth-order valence-electron chi connectivity index (χ4n) is 3.21. The minimum absolute atomic E-state index is 0.202. The highest BCUT2D eigenvalue weighted by atomic mass is 35.5. The average Bonchev–Trinajstić information content (AvgIpc) is 2.87. The number of ether oxygens (including phenoxy) is 4. The van der Waals surface area contributed by atoms with Crippen LogP contribution in [0.1, 0.15) is 21.5 Å². The third-order valence-corrected chi connectivity index (χ3v) is 5.62. The van der Waals surface area contributed by atoms with Gasteiger partial charge in [0.15, 0.2) is 11.5 Å². The lowest BCUT2D eigenvalue weighted by Gasteiger charge is -2.17. The van der Waals surface area contributed by atoms with Gasteiger partial charge in [-0.25, -0.2) is 0 Å². The van der Waals surface area contributed by atoms with E-state index in [2.05, 4.69) is 5.32 Å². The van der Waals surface area contributed by atoms with Crippen molar-refractivity contribution in [2.75, 3.05) is 41.4 Å². The van der Waals surface area contributed by atoms with Crippen LogP contribution in [0, 0.1) is 0 Å².